The van der Waals surface area contributed by atoms with E-state index in [1.807, 2.05) is 52.3 Å². The lowest BCUT2D eigenvalue weighted by atomic mass is 9.78. The van der Waals surface area contributed by atoms with Gasteiger partial charge in [-0.3, -0.25) is 9.59 Å². The Labute approximate surface area is 234 Å². The fraction of sp³-hybridized carbons (Fsp3) is 0.406. The molecule has 8 nitrogen and oxygen atoms in total. The topological polar surface area (TPSA) is 88.2 Å². The summed E-state index contributed by atoms with van der Waals surface area (Å²) < 4.78 is 11.3. The van der Waals surface area contributed by atoms with E-state index in [1.54, 1.807) is 18.2 Å². The minimum Gasteiger partial charge on any atom is -0.490 e. The van der Waals surface area contributed by atoms with Crippen LogP contribution in [0.2, 0.25) is 0 Å². The summed E-state index contributed by atoms with van der Waals surface area (Å²) in [7, 11) is 0. The normalized spacial score (nSPS) is 18.0. The first kappa shape index (κ1) is 26.2. The van der Waals surface area contributed by atoms with Gasteiger partial charge in [0.1, 0.15) is 0 Å². The molecular formula is C32H35N3O5. The molecule has 0 unspecified atom stereocenters. The van der Waals surface area contributed by atoms with E-state index >= 15 is 0 Å². The third-order valence-corrected chi connectivity index (χ3v) is 8.57. The highest BCUT2D eigenvalue weighted by Gasteiger charge is 2.42. The molecule has 3 amide bonds. The van der Waals surface area contributed by atoms with Gasteiger partial charge < -0.3 is 24.6 Å². The average molecular weight is 542 g/mol. The summed E-state index contributed by atoms with van der Waals surface area (Å²) in [4.78, 5) is 42.7. The molecule has 6 rings (SSSR count). The third-order valence-electron chi connectivity index (χ3n) is 8.57. The van der Waals surface area contributed by atoms with Crippen molar-refractivity contribution in [2.24, 2.45) is 5.41 Å². The molecule has 3 aliphatic rings. The van der Waals surface area contributed by atoms with Crippen LogP contribution in [0.5, 0.6) is 11.5 Å². The molecule has 0 aliphatic carbocycles. The SMILES string of the molecule is O=C(CCC(=O)N1CCC2(CCN(C(=O)Nc3cccc4ccccc34)CC2)C1)c1ccc2c(c1)OCCCO2. The van der Waals surface area contributed by atoms with Crippen molar-refractivity contribution in [1.82, 2.24) is 9.80 Å². The highest BCUT2D eigenvalue weighted by molar-refractivity contribution is 6.01. The minimum atomic E-state index is -0.0783. The Hall–Kier alpha value is -4.07. The number of ether oxygens (including phenoxy) is 2. The molecule has 3 aromatic carbocycles. The van der Waals surface area contributed by atoms with Gasteiger partial charge in [-0.2, -0.15) is 0 Å². The molecular weight excluding hydrogens is 506 g/mol. The van der Waals surface area contributed by atoms with E-state index in [2.05, 4.69) is 5.32 Å². The quantitative estimate of drug-likeness (QED) is 0.431. The molecule has 0 radical (unpaired) electrons. The van der Waals surface area contributed by atoms with E-state index in [1.165, 1.54) is 0 Å². The van der Waals surface area contributed by atoms with Gasteiger partial charge in [-0.05, 0) is 54.3 Å². The van der Waals surface area contributed by atoms with Crippen LogP contribution in [0.3, 0.4) is 0 Å². The molecule has 0 aromatic heterocycles. The Balaban J connectivity index is 0.988. The molecule has 8 heteroatoms. The first-order valence-electron chi connectivity index (χ1n) is 14.2. The number of hydrogen-bond donors (Lipinski definition) is 1. The van der Waals surface area contributed by atoms with Gasteiger partial charge in [0.25, 0.3) is 0 Å². The molecule has 2 fully saturated rings. The second-order valence-corrected chi connectivity index (χ2v) is 11.1. The number of nitrogens with zero attached hydrogens (tertiary/aromatic N) is 2. The summed E-state index contributed by atoms with van der Waals surface area (Å²) >= 11 is 0. The highest BCUT2D eigenvalue weighted by Crippen LogP contribution is 2.41. The van der Waals surface area contributed by atoms with Gasteiger partial charge in [-0.15, -0.1) is 0 Å². The third kappa shape index (κ3) is 5.48. The van der Waals surface area contributed by atoms with Gasteiger partial charge in [-0.25, -0.2) is 4.79 Å². The van der Waals surface area contributed by atoms with E-state index in [4.69, 9.17) is 9.47 Å². The van der Waals surface area contributed by atoms with Crippen molar-refractivity contribution in [3.05, 3.63) is 66.2 Å². The van der Waals surface area contributed by atoms with Crippen molar-refractivity contribution in [3.8, 4) is 11.5 Å². The lowest BCUT2D eigenvalue weighted by Crippen LogP contribution is -2.46. The van der Waals surface area contributed by atoms with Crippen LogP contribution in [0, 0.1) is 5.41 Å². The molecule has 2 saturated heterocycles. The van der Waals surface area contributed by atoms with Crippen molar-refractivity contribution in [2.45, 2.75) is 38.5 Å². The Morgan fingerprint density at radius 2 is 1.52 bits per heavy atom. The van der Waals surface area contributed by atoms with Crippen LogP contribution in [0.15, 0.2) is 60.7 Å². The predicted octanol–water partition coefficient (Wildman–Crippen LogP) is 5.51. The lowest BCUT2D eigenvalue weighted by molar-refractivity contribution is -0.130. The smallest absolute Gasteiger partial charge is 0.321 e. The maximum atomic E-state index is 13.1. The van der Waals surface area contributed by atoms with Crippen LogP contribution in [0.1, 0.15) is 48.9 Å². The summed E-state index contributed by atoms with van der Waals surface area (Å²) in [6.07, 6.45) is 3.85. The van der Waals surface area contributed by atoms with Gasteiger partial charge in [-0.1, -0.05) is 36.4 Å². The zero-order valence-electron chi connectivity index (χ0n) is 22.7. The van der Waals surface area contributed by atoms with Crippen LogP contribution in [-0.4, -0.2) is 66.9 Å². The molecule has 0 saturated carbocycles. The van der Waals surface area contributed by atoms with Crippen LogP contribution < -0.4 is 14.8 Å². The van der Waals surface area contributed by atoms with Crippen LogP contribution in [0.25, 0.3) is 10.8 Å². The summed E-state index contributed by atoms with van der Waals surface area (Å²) in [6.45, 7) is 3.90. The maximum Gasteiger partial charge on any atom is 0.321 e. The number of hydrogen-bond acceptors (Lipinski definition) is 5. The van der Waals surface area contributed by atoms with E-state index in [9.17, 15) is 14.4 Å². The first-order valence-corrected chi connectivity index (χ1v) is 14.2. The number of urea groups is 1. The maximum absolute atomic E-state index is 13.1. The molecule has 1 spiro atoms. The Kier molecular flexibility index (Phi) is 7.32. The Morgan fingerprint density at radius 1 is 0.800 bits per heavy atom. The first-order chi connectivity index (χ1) is 19.5. The largest absolute Gasteiger partial charge is 0.490 e. The van der Waals surface area contributed by atoms with Gasteiger partial charge in [0.15, 0.2) is 17.3 Å². The molecule has 40 heavy (non-hydrogen) atoms. The molecule has 3 heterocycles. The molecule has 0 bridgehead atoms. The minimum absolute atomic E-state index is 0.0238. The number of likely N-dealkylation sites (tertiary alicyclic amines) is 2. The highest BCUT2D eigenvalue weighted by atomic mass is 16.5. The number of anilines is 1. The van der Waals surface area contributed by atoms with E-state index < -0.39 is 0 Å². The van der Waals surface area contributed by atoms with E-state index in [-0.39, 0.29) is 36.0 Å². The zero-order chi connectivity index (χ0) is 27.5. The van der Waals surface area contributed by atoms with Crippen molar-refractivity contribution in [1.29, 1.82) is 0 Å². The number of carbonyl (C=O) groups excluding carboxylic acids is 3. The van der Waals surface area contributed by atoms with Gasteiger partial charge >= 0.3 is 6.03 Å². The zero-order valence-corrected chi connectivity index (χ0v) is 22.7. The number of piperidine rings is 1. The fourth-order valence-corrected chi connectivity index (χ4v) is 6.13. The molecule has 208 valence electrons. The fourth-order valence-electron chi connectivity index (χ4n) is 6.13. The lowest BCUT2D eigenvalue weighted by Gasteiger charge is -2.39. The summed E-state index contributed by atoms with van der Waals surface area (Å²) in [6, 6.07) is 19.1. The Morgan fingerprint density at radius 3 is 2.35 bits per heavy atom. The molecule has 1 N–H and O–H groups in total. The number of ketones is 1. The predicted molar refractivity (Wildman–Crippen MR) is 153 cm³/mol. The number of amides is 3. The number of Topliss-reactive ketones (excluding diaryl/α,β-unsaturated/α-hetero) is 1. The second-order valence-electron chi connectivity index (χ2n) is 11.1. The van der Waals surface area contributed by atoms with Gasteiger partial charge in [0.05, 0.1) is 18.9 Å². The molecule has 3 aromatic rings. The van der Waals surface area contributed by atoms with Crippen LogP contribution in [0.4, 0.5) is 10.5 Å². The summed E-state index contributed by atoms with van der Waals surface area (Å²) in [5.41, 5.74) is 1.41. The Bertz CT molecular complexity index is 1420. The average Bonchev–Trinajstić information content (AvgIpc) is 3.24. The standard InChI is InChI=1S/C32H35N3O5/c36-27(24-9-11-28-29(21-24)40-20-4-19-39-28)10-12-30(37)35-18-15-32(22-35)13-16-34(17-14-32)31(38)33-26-8-3-6-23-5-1-2-7-25(23)26/h1-3,5-9,11,21H,4,10,12-20,22H2,(H,33,38). The van der Waals surface area contributed by atoms with E-state index in [0.717, 1.165) is 42.1 Å². The number of fused-ring (bicyclic) bond motifs is 2. The number of benzene rings is 3. The van der Waals surface area contributed by atoms with Crippen molar-refractivity contribution in [3.63, 3.8) is 0 Å². The van der Waals surface area contributed by atoms with Crippen molar-refractivity contribution < 1.29 is 23.9 Å². The van der Waals surface area contributed by atoms with Crippen molar-refractivity contribution >= 4 is 34.2 Å². The summed E-state index contributed by atoms with van der Waals surface area (Å²) in [5.74, 6) is 1.21. The second kappa shape index (κ2) is 11.2. The summed E-state index contributed by atoms with van der Waals surface area (Å²) in [5, 5.41) is 5.22. The van der Waals surface area contributed by atoms with Crippen molar-refractivity contribution in [2.75, 3.05) is 44.7 Å². The van der Waals surface area contributed by atoms with E-state index in [0.29, 0.717) is 56.5 Å². The number of carbonyl (C=O) groups is 3. The monoisotopic (exact) mass is 541 g/mol. The number of nitrogens with one attached hydrogen (secondary N) is 1. The number of rotatable bonds is 5. The molecule has 3 aliphatic heterocycles. The van der Waals surface area contributed by atoms with Crippen LogP contribution in [-0.2, 0) is 4.79 Å². The molecule has 0 atom stereocenters. The van der Waals surface area contributed by atoms with Crippen LogP contribution >= 0.6 is 0 Å². The van der Waals surface area contributed by atoms with Gasteiger partial charge in [0, 0.05) is 56.4 Å². The van der Waals surface area contributed by atoms with Gasteiger partial charge in [0.2, 0.25) is 5.91 Å².